The first-order valence-corrected chi connectivity index (χ1v) is 4.06. The average molecular weight is 189 g/mol. The first kappa shape index (κ1) is 11.8. The maximum atomic E-state index is 11.6. The number of pyridine rings is 1. The Kier molecular flexibility index (Phi) is 5.76. The van der Waals surface area contributed by atoms with E-state index >= 15 is 0 Å². The van der Waals surface area contributed by atoms with Crippen LogP contribution in [0.4, 0.5) is 8.78 Å². The van der Waals surface area contributed by atoms with Crippen LogP contribution in [0.1, 0.15) is 19.4 Å². The molecule has 0 radical (unpaired) electrons. The molecule has 0 aromatic carbocycles. The van der Waals surface area contributed by atoms with Gasteiger partial charge in [0.05, 0.1) is 0 Å². The van der Waals surface area contributed by atoms with Crippen LogP contribution in [-0.2, 0) is 0 Å². The van der Waals surface area contributed by atoms with Crippen LogP contribution in [0.15, 0.2) is 18.3 Å². The summed E-state index contributed by atoms with van der Waals surface area (Å²) in [6.45, 7) is 2.98. The lowest BCUT2D eigenvalue weighted by Gasteiger charge is -2.02. The summed E-state index contributed by atoms with van der Waals surface area (Å²) in [4.78, 5) is 3.58. The van der Waals surface area contributed by atoms with Gasteiger partial charge in [0.25, 0.3) is 0 Å². The Morgan fingerprint density at radius 1 is 1.38 bits per heavy atom. The second-order valence-corrected chi connectivity index (χ2v) is 2.05. The summed E-state index contributed by atoms with van der Waals surface area (Å²) >= 11 is 0. The summed E-state index contributed by atoms with van der Waals surface area (Å²) in [6, 6.07) is 3.16. The van der Waals surface area contributed by atoms with E-state index in [1.54, 1.807) is 13.0 Å². The Morgan fingerprint density at radius 2 is 2.00 bits per heavy atom. The number of nitrogens with zero attached hydrogens (tertiary/aromatic N) is 1. The predicted molar refractivity (Wildman–Crippen MR) is 47.0 cm³/mol. The zero-order chi connectivity index (χ0) is 10.3. The number of aromatic nitrogens is 1. The van der Waals surface area contributed by atoms with E-state index in [0.29, 0.717) is 0 Å². The zero-order valence-electron chi connectivity index (χ0n) is 7.92. The Hall–Kier alpha value is -1.19. The van der Waals surface area contributed by atoms with Crippen LogP contribution >= 0.6 is 0 Å². The van der Waals surface area contributed by atoms with Crippen molar-refractivity contribution in [3.63, 3.8) is 0 Å². The van der Waals surface area contributed by atoms with Crippen LogP contribution in [0.25, 0.3) is 0 Å². The number of ether oxygens (including phenoxy) is 1. The molecule has 0 fully saturated rings. The van der Waals surface area contributed by atoms with E-state index in [1.165, 1.54) is 12.3 Å². The third-order valence-electron chi connectivity index (χ3n) is 1.10. The lowest BCUT2D eigenvalue weighted by molar-refractivity contribution is -0.0528. The number of hydrogen-bond donors (Lipinski definition) is 0. The molecule has 0 saturated heterocycles. The number of hydrogen-bond acceptors (Lipinski definition) is 2. The standard InChI is InChI=1S/C7H7F2NO.C2H6/c1-5-2-3-10-6(4-5)11-7(8)9;1-2/h2-4,7H,1H3;1-2H3. The van der Waals surface area contributed by atoms with Crippen molar-refractivity contribution in [1.29, 1.82) is 0 Å². The molecule has 0 aliphatic rings. The molecule has 1 heterocycles. The van der Waals surface area contributed by atoms with Crippen molar-refractivity contribution in [2.45, 2.75) is 27.4 Å². The number of alkyl halides is 2. The summed E-state index contributed by atoms with van der Waals surface area (Å²) in [5.41, 5.74) is 0.843. The molecule has 0 unspecified atom stereocenters. The molecular weight excluding hydrogens is 176 g/mol. The van der Waals surface area contributed by atoms with Gasteiger partial charge in [-0.25, -0.2) is 4.98 Å². The van der Waals surface area contributed by atoms with Crippen LogP contribution in [0.2, 0.25) is 0 Å². The van der Waals surface area contributed by atoms with Gasteiger partial charge in [-0.15, -0.1) is 0 Å². The lowest BCUT2D eigenvalue weighted by atomic mass is 10.3. The molecule has 2 nitrogen and oxygen atoms in total. The highest BCUT2D eigenvalue weighted by Crippen LogP contribution is 2.10. The summed E-state index contributed by atoms with van der Waals surface area (Å²) in [7, 11) is 0. The smallest absolute Gasteiger partial charge is 0.388 e. The van der Waals surface area contributed by atoms with E-state index in [0.717, 1.165) is 5.56 Å². The Labute approximate surface area is 76.6 Å². The molecule has 0 aliphatic heterocycles. The van der Waals surface area contributed by atoms with Crippen molar-refractivity contribution in [2.75, 3.05) is 0 Å². The summed E-state index contributed by atoms with van der Waals surface area (Å²) in [5, 5.41) is 0. The maximum Gasteiger partial charge on any atom is 0.388 e. The van der Waals surface area contributed by atoms with Gasteiger partial charge >= 0.3 is 6.61 Å². The molecule has 1 aromatic heterocycles. The molecule has 0 bridgehead atoms. The van der Waals surface area contributed by atoms with E-state index in [1.807, 2.05) is 13.8 Å². The van der Waals surface area contributed by atoms with Crippen molar-refractivity contribution >= 4 is 0 Å². The van der Waals surface area contributed by atoms with Gasteiger partial charge in [-0.05, 0) is 18.6 Å². The van der Waals surface area contributed by atoms with Gasteiger partial charge in [0.15, 0.2) is 0 Å². The highest BCUT2D eigenvalue weighted by atomic mass is 19.3. The van der Waals surface area contributed by atoms with Gasteiger partial charge < -0.3 is 4.74 Å². The average Bonchev–Trinajstić information content (AvgIpc) is 2.06. The molecule has 0 spiro atoms. The minimum absolute atomic E-state index is 0.0417. The van der Waals surface area contributed by atoms with Crippen molar-refractivity contribution < 1.29 is 13.5 Å². The molecule has 1 rings (SSSR count). The van der Waals surface area contributed by atoms with Gasteiger partial charge in [-0.3, -0.25) is 0 Å². The molecule has 0 amide bonds. The zero-order valence-corrected chi connectivity index (χ0v) is 7.92. The van der Waals surface area contributed by atoms with E-state index in [9.17, 15) is 8.78 Å². The van der Waals surface area contributed by atoms with Crippen molar-refractivity contribution in [3.05, 3.63) is 23.9 Å². The Morgan fingerprint density at radius 3 is 2.46 bits per heavy atom. The van der Waals surface area contributed by atoms with Gasteiger partial charge in [-0.1, -0.05) is 13.8 Å². The third kappa shape index (κ3) is 5.11. The highest BCUT2D eigenvalue weighted by Gasteiger charge is 2.03. The molecular formula is C9H13F2NO. The topological polar surface area (TPSA) is 22.1 Å². The van der Waals surface area contributed by atoms with E-state index in [2.05, 4.69) is 9.72 Å². The second kappa shape index (κ2) is 6.34. The fraction of sp³-hybridized carbons (Fsp3) is 0.444. The second-order valence-electron chi connectivity index (χ2n) is 2.05. The summed E-state index contributed by atoms with van der Waals surface area (Å²) < 4.78 is 27.2. The normalized spacial score (nSPS) is 9.08. The summed E-state index contributed by atoms with van der Waals surface area (Å²) in [6.07, 6.45) is 1.42. The molecule has 4 heteroatoms. The monoisotopic (exact) mass is 189 g/mol. The fourth-order valence-corrected chi connectivity index (χ4v) is 0.664. The molecule has 0 N–H and O–H groups in total. The fourth-order valence-electron chi connectivity index (χ4n) is 0.664. The molecule has 1 aromatic rings. The molecule has 0 atom stereocenters. The lowest BCUT2D eigenvalue weighted by Crippen LogP contribution is -2.03. The quantitative estimate of drug-likeness (QED) is 0.713. The van der Waals surface area contributed by atoms with E-state index in [-0.39, 0.29) is 5.88 Å². The highest BCUT2D eigenvalue weighted by molar-refractivity contribution is 5.18. The van der Waals surface area contributed by atoms with E-state index in [4.69, 9.17) is 0 Å². The molecule has 0 saturated carbocycles. The number of halogens is 2. The van der Waals surface area contributed by atoms with Gasteiger partial charge in [0, 0.05) is 12.3 Å². The van der Waals surface area contributed by atoms with Crippen LogP contribution in [0.5, 0.6) is 5.88 Å². The SMILES string of the molecule is CC.Cc1ccnc(OC(F)F)c1. The first-order chi connectivity index (χ1) is 6.18. The van der Waals surface area contributed by atoms with Crippen LogP contribution in [0, 0.1) is 6.92 Å². The largest absolute Gasteiger partial charge is 0.417 e. The molecule has 13 heavy (non-hydrogen) atoms. The number of aryl methyl sites for hydroxylation is 1. The van der Waals surface area contributed by atoms with Crippen LogP contribution in [-0.4, -0.2) is 11.6 Å². The molecule has 0 aliphatic carbocycles. The van der Waals surface area contributed by atoms with Gasteiger partial charge in [0.1, 0.15) is 0 Å². The van der Waals surface area contributed by atoms with Crippen LogP contribution in [0.3, 0.4) is 0 Å². The Balaban J connectivity index is 0.000000671. The van der Waals surface area contributed by atoms with Crippen molar-refractivity contribution in [3.8, 4) is 5.88 Å². The third-order valence-corrected chi connectivity index (χ3v) is 1.10. The number of rotatable bonds is 2. The van der Waals surface area contributed by atoms with Crippen molar-refractivity contribution in [1.82, 2.24) is 4.98 Å². The van der Waals surface area contributed by atoms with Gasteiger partial charge in [0.2, 0.25) is 5.88 Å². The van der Waals surface area contributed by atoms with Gasteiger partial charge in [-0.2, -0.15) is 8.78 Å². The minimum atomic E-state index is -2.80. The Bertz CT molecular complexity index is 241. The van der Waals surface area contributed by atoms with Crippen molar-refractivity contribution in [2.24, 2.45) is 0 Å². The van der Waals surface area contributed by atoms with E-state index < -0.39 is 6.61 Å². The first-order valence-electron chi connectivity index (χ1n) is 4.06. The molecule has 74 valence electrons. The minimum Gasteiger partial charge on any atom is -0.417 e. The summed E-state index contributed by atoms with van der Waals surface area (Å²) in [5.74, 6) is -0.0417. The maximum absolute atomic E-state index is 11.6. The van der Waals surface area contributed by atoms with Crippen LogP contribution < -0.4 is 4.74 Å². The predicted octanol–water partition coefficient (Wildman–Crippen LogP) is 3.02.